The summed E-state index contributed by atoms with van der Waals surface area (Å²) in [5.41, 5.74) is 1.49. The van der Waals surface area contributed by atoms with Crippen LogP contribution < -0.4 is 0 Å². The van der Waals surface area contributed by atoms with E-state index in [0.717, 1.165) is 23.8 Å². The number of fused-ring (bicyclic) bond motifs is 2. The summed E-state index contributed by atoms with van der Waals surface area (Å²) >= 11 is 0. The van der Waals surface area contributed by atoms with Crippen molar-refractivity contribution >= 4 is 11.6 Å². The first kappa shape index (κ1) is 14.9. The summed E-state index contributed by atoms with van der Waals surface area (Å²) in [6.07, 6.45) is 5.40. The molecule has 0 bridgehead atoms. The number of amides is 1. The highest BCUT2D eigenvalue weighted by molar-refractivity contribution is 5.94. The van der Waals surface area contributed by atoms with Gasteiger partial charge in [0.05, 0.1) is 11.6 Å². The molecule has 1 aliphatic heterocycles. The summed E-state index contributed by atoms with van der Waals surface area (Å²) in [6, 6.07) is 3.60. The van der Waals surface area contributed by atoms with Gasteiger partial charge in [0.1, 0.15) is 11.5 Å². The zero-order valence-corrected chi connectivity index (χ0v) is 14.0. The Hall–Kier alpha value is -2.70. The molecule has 4 heterocycles. The SMILES string of the molecule is CC(C)c1nnc2n1CCN(C(=O)c1ccc3nccn3c1)C2C. The van der Waals surface area contributed by atoms with Crippen molar-refractivity contribution in [2.45, 2.75) is 39.3 Å². The highest BCUT2D eigenvalue weighted by Gasteiger charge is 2.32. The van der Waals surface area contributed by atoms with Crippen LogP contribution in [0.4, 0.5) is 0 Å². The normalized spacial score (nSPS) is 17.5. The first-order valence-corrected chi connectivity index (χ1v) is 8.23. The third kappa shape index (κ3) is 2.19. The molecule has 0 fully saturated rings. The van der Waals surface area contributed by atoms with Crippen LogP contribution in [0.1, 0.15) is 54.7 Å². The number of nitrogens with zero attached hydrogens (tertiary/aromatic N) is 6. The Kier molecular flexibility index (Phi) is 3.37. The van der Waals surface area contributed by atoms with Gasteiger partial charge in [0.25, 0.3) is 5.91 Å². The Morgan fingerprint density at radius 1 is 1.25 bits per heavy atom. The number of carbonyl (C=O) groups excluding carboxylic acids is 1. The molecule has 24 heavy (non-hydrogen) atoms. The van der Waals surface area contributed by atoms with E-state index in [-0.39, 0.29) is 11.9 Å². The van der Waals surface area contributed by atoms with Crippen LogP contribution in [-0.2, 0) is 6.54 Å². The predicted octanol–water partition coefficient (Wildman–Crippen LogP) is 2.27. The monoisotopic (exact) mass is 324 g/mol. The molecule has 124 valence electrons. The first-order valence-electron chi connectivity index (χ1n) is 8.23. The van der Waals surface area contributed by atoms with E-state index in [1.807, 2.05) is 40.8 Å². The van der Waals surface area contributed by atoms with Crippen LogP contribution in [0.15, 0.2) is 30.7 Å². The Balaban J connectivity index is 1.65. The number of hydrogen-bond acceptors (Lipinski definition) is 4. The van der Waals surface area contributed by atoms with Crippen molar-refractivity contribution < 1.29 is 4.79 Å². The van der Waals surface area contributed by atoms with Crippen molar-refractivity contribution in [2.24, 2.45) is 0 Å². The summed E-state index contributed by atoms with van der Waals surface area (Å²) in [7, 11) is 0. The van der Waals surface area contributed by atoms with Gasteiger partial charge >= 0.3 is 0 Å². The van der Waals surface area contributed by atoms with Gasteiger partial charge in [0, 0.05) is 37.6 Å². The van der Waals surface area contributed by atoms with Gasteiger partial charge in [0.15, 0.2) is 5.82 Å². The van der Waals surface area contributed by atoms with E-state index >= 15 is 0 Å². The third-order valence-electron chi connectivity index (χ3n) is 4.63. The minimum atomic E-state index is -0.0928. The molecule has 0 radical (unpaired) electrons. The fourth-order valence-corrected chi connectivity index (χ4v) is 3.32. The molecule has 1 aliphatic rings. The highest BCUT2D eigenvalue weighted by atomic mass is 16.2. The van der Waals surface area contributed by atoms with Crippen LogP contribution in [0.2, 0.25) is 0 Å². The molecule has 0 saturated carbocycles. The Morgan fingerprint density at radius 2 is 2.08 bits per heavy atom. The van der Waals surface area contributed by atoms with E-state index in [1.165, 1.54) is 0 Å². The topological polar surface area (TPSA) is 68.3 Å². The number of hydrogen-bond donors (Lipinski definition) is 0. The van der Waals surface area contributed by atoms with Crippen molar-refractivity contribution in [3.05, 3.63) is 47.9 Å². The second-order valence-corrected chi connectivity index (χ2v) is 6.51. The number of imidazole rings is 1. The van der Waals surface area contributed by atoms with Gasteiger partial charge in [-0.3, -0.25) is 4.79 Å². The maximum atomic E-state index is 13.0. The maximum absolute atomic E-state index is 13.0. The molecule has 3 aromatic rings. The van der Waals surface area contributed by atoms with E-state index in [4.69, 9.17) is 0 Å². The molecule has 7 heteroatoms. The molecular formula is C17H20N6O. The van der Waals surface area contributed by atoms with Crippen molar-refractivity contribution in [1.82, 2.24) is 29.0 Å². The van der Waals surface area contributed by atoms with Crippen LogP contribution in [0.5, 0.6) is 0 Å². The quantitative estimate of drug-likeness (QED) is 0.725. The maximum Gasteiger partial charge on any atom is 0.256 e. The van der Waals surface area contributed by atoms with Crippen molar-refractivity contribution in [3.63, 3.8) is 0 Å². The first-order chi connectivity index (χ1) is 11.6. The average molecular weight is 324 g/mol. The summed E-state index contributed by atoms with van der Waals surface area (Å²) in [5, 5.41) is 8.64. The molecule has 1 unspecified atom stereocenters. The number of rotatable bonds is 2. The van der Waals surface area contributed by atoms with E-state index in [9.17, 15) is 4.79 Å². The molecule has 0 spiro atoms. The standard InChI is InChI=1S/C17H20N6O/c1-11(2)15-19-20-16-12(3)22(8-9-23(15)16)17(24)13-4-5-14-18-6-7-21(14)10-13/h4-7,10-12H,8-9H2,1-3H3. The van der Waals surface area contributed by atoms with Gasteiger partial charge in [-0.2, -0.15) is 0 Å². The molecular weight excluding hydrogens is 304 g/mol. The molecule has 1 atom stereocenters. The number of aromatic nitrogens is 5. The number of pyridine rings is 1. The van der Waals surface area contributed by atoms with E-state index in [0.29, 0.717) is 18.0 Å². The van der Waals surface area contributed by atoms with Gasteiger partial charge in [0.2, 0.25) is 0 Å². The van der Waals surface area contributed by atoms with Crippen LogP contribution in [0, 0.1) is 0 Å². The molecule has 0 aromatic carbocycles. The molecule has 0 N–H and O–H groups in total. The zero-order chi connectivity index (χ0) is 16.8. The summed E-state index contributed by atoms with van der Waals surface area (Å²) in [4.78, 5) is 19.0. The van der Waals surface area contributed by atoms with Gasteiger partial charge in [-0.15, -0.1) is 10.2 Å². The fourth-order valence-electron chi connectivity index (χ4n) is 3.32. The molecule has 0 saturated heterocycles. The van der Waals surface area contributed by atoms with Crippen molar-refractivity contribution in [3.8, 4) is 0 Å². The second kappa shape index (κ2) is 5.43. The Bertz CT molecular complexity index is 909. The molecule has 4 rings (SSSR count). The lowest BCUT2D eigenvalue weighted by atomic mass is 10.1. The largest absolute Gasteiger partial charge is 0.327 e. The molecule has 3 aromatic heterocycles. The molecule has 0 aliphatic carbocycles. The molecule has 7 nitrogen and oxygen atoms in total. The van der Waals surface area contributed by atoms with Gasteiger partial charge in [-0.25, -0.2) is 4.98 Å². The highest BCUT2D eigenvalue weighted by Crippen LogP contribution is 2.28. The summed E-state index contributed by atoms with van der Waals surface area (Å²) in [6.45, 7) is 7.63. The predicted molar refractivity (Wildman–Crippen MR) is 88.8 cm³/mol. The van der Waals surface area contributed by atoms with Crippen molar-refractivity contribution in [2.75, 3.05) is 6.54 Å². The van der Waals surface area contributed by atoms with Gasteiger partial charge in [-0.05, 0) is 19.1 Å². The van der Waals surface area contributed by atoms with E-state index in [2.05, 4.69) is 33.6 Å². The smallest absolute Gasteiger partial charge is 0.256 e. The lowest BCUT2D eigenvalue weighted by Gasteiger charge is -2.34. The number of carbonyl (C=O) groups is 1. The van der Waals surface area contributed by atoms with Crippen LogP contribution in [0.25, 0.3) is 5.65 Å². The lowest BCUT2D eigenvalue weighted by molar-refractivity contribution is 0.0635. The van der Waals surface area contributed by atoms with E-state index in [1.54, 1.807) is 6.20 Å². The van der Waals surface area contributed by atoms with Crippen LogP contribution >= 0.6 is 0 Å². The zero-order valence-electron chi connectivity index (χ0n) is 14.0. The third-order valence-corrected chi connectivity index (χ3v) is 4.63. The van der Waals surface area contributed by atoms with Crippen LogP contribution in [-0.4, -0.2) is 41.5 Å². The summed E-state index contributed by atoms with van der Waals surface area (Å²) < 4.78 is 4.01. The van der Waals surface area contributed by atoms with E-state index < -0.39 is 0 Å². The van der Waals surface area contributed by atoms with Crippen molar-refractivity contribution in [1.29, 1.82) is 0 Å². The fraction of sp³-hybridized carbons (Fsp3) is 0.412. The Morgan fingerprint density at radius 3 is 2.88 bits per heavy atom. The minimum Gasteiger partial charge on any atom is -0.327 e. The average Bonchev–Trinajstić information content (AvgIpc) is 3.20. The van der Waals surface area contributed by atoms with Crippen LogP contribution in [0.3, 0.4) is 0 Å². The van der Waals surface area contributed by atoms with Gasteiger partial charge < -0.3 is 13.9 Å². The lowest BCUT2D eigenvalue weighted by Crippen LogP contribution is -2.41. The molecule has 1 amide bonds. The minimum absolute atomic E-state index is 0.0125. The Labute approximate surface area is 139 Å². The van der Waals surface area contributed by atoms with Gasteiger partial charge in [-0.1, -0.05) is 13.8 Å². The second-order valence-electron chi connectivity index (χ2n) is 6.51. The summed E-state index contributed by atoms with van der Waals surface area (Å²) in [5.74, 6) is 2.19.